The molecule has 0 saturated heterocycles. The van der Waals surface area contributed by atoms with Gasteiger partial charge in [-0.3, -0.25) is 9.48 Å². The van der Waals surface area contributed by atoms with Gasteiger partial charge in [-0.2, -0.15) is 5.10 Å². The molecule has 0 saturated carbocycles. The number of benzene rings is 1. The lowest BCUT2D eigenvalue weighted by Crippen LogP contribution is -2.25. The van der Waals surface area contributed by atoms with Crippen molar-refractivity contribution < 1.29 is 9.18 Å². The monoisotopic (exact) mass is 352 g/mol. The molecular weight excluding hydrogens is 331 g/mol. The summed E-state index contributed by atoms with van der Waals surface area (Å²) < 4.78 is 16.3. The van der Waals surface area contributed by atoms with Crippen LogP contribution >= 0.6 is 12.4 Å². The lowest BCUT2D eigenvalue weighted by Gasteiger charge is -2.19. The van der Waals surface area contributed by atoms with Gasteiger partial charge in [-0.25, -0.2) is 4.39 Å². The summed E-state index contributed by atoms with van der Waals surface area (Å²) in [4.78, 5) is 12.4. The third-order valence-corrected chi connectivity index (χ3v) is 4.20. The second-order valence-electron chi connectivity index (χ2n) is 6.18. The summed E-state index contributed by atoms with van der Waals surface area (Å²) >= 11 is 0. The fourth-order valence-corrected chi connectivity index (χ4v) is 2.95. The molecular formula is C17H22ClFN4O. The molecule has 1 amide bonds. The van der Waals surface area contributed by atoms with Gasteiger partial charge in [-0.15, -0.1) is 12.4 Å². The van der Waals surface area contributed by atoms with E-state index in [1.807, 2.05) is 19.9 Å². The zero-order valence-corrected chi connectivity index (χ0v) is 14.8. The molecule has 24 heavy (non-hydrogen) atoms. The van der Waals surface area contributed by atoms with Gasteiger partial charge in [0.15, 0.2) is 5.69 Å². The van der Waals surface area contributed by atoms with Gasteiger partial charge in [-0.05, 0) is 42.1 Å². The maximum absolute atomic E-state index is 14.6. The number of hydrogen-bond acceptors (Lipinski definition) is 3. The fraction of sp³-hybridized carbons (Fsp3) is 0.412. The van der Waals surface area contributed by atoms with Gasteiger partial charge in [-0.1, -0.05) is 19.9 Å². The molecule has 2 N–H and O–H groups in total. The highest BCUT2D eigenvalue weighted by atomic mass is 35.5. The van der Waals surface area contributed by atoms with Gasteiger partial charge < -0.3 is 10.6 Å². The molecule has 3 rings (SSSR count). The van der Waals surface area contributed by atoms with Crippen LogP contribution in [-0.4, -0.2) is 22.2 Å². The van der Waals surface area contributed by atoms with Crippen LogP contribution in [0.5, 0.6) is 0 Å². The zero-order valence-electron chi connectivity index (χ0n) is 14.0. The minimum atomic E-state index is -0.389. The number of anilines is 1. The van der Waals surface area contributed by atoms with Crippen molar-refractivity contribution in [1.29, 1.82) is 0 Å². The van der Waals surface area contributed by atoms with Crippen molar-refractivity contribution in [3.8, 4) is 0 Å². The first-order chi connectivity index (χ1) is 11.0. The molecule has 0 radical (unpaired) electrons. The minimum Gasteiger partial charge on any atom is -0.318 e. The highest BCUT2D eigenvalue weighted by molar-refractivity contribution is 6.03. The third kappa shape index (κ3) is 3.44. The van der Waals surface area contributed by atoms with E-state index in [0.29, 0.717) is 24.2 Å². The van der Waals surface area contributed by atoms with Crippen molar-refractivity contribution in [1.82, 2.24) is 15.1 Å². The van der Waals surface area contributed by atoms with Gasteiger partial charge in [0.25, 0.3) is 5.91 Å². The Morgan fingerprint density at radius 3 is 2.83 bits per heavy atom. The van der Waals surface area contributed by atoms with Crippen molar-refractivity contribution in [3.63, 3.8) is 0 Å². The highest BCUT2D eigenvalue weighted by Crippen LogP contribution is 2.25. The van der Waals surface area contributed by atoms with Gasteiger partial charge in [0, 0.05) is 19.3 Å². The summed E-state index contributed by atoms with van der Waals surface area (Å²) in [6.45, 7) is 5.49. The summed E-state index contributed by atoms with van der Waals surface area (Å²) in [6.07, 6.45) is 0.631. The van der Waals surface area contributed by atoms with Crippen LogP contribution in [-0.2, 0) is 20.0 Å². The van der Waals surface area contributed by atoms with Gasteiger partial charge >= 0.3 is 0 Å². The Kier molecular flexibility index (Phi) is 5.62. The van der Waals surface area contributed by atoms with E-state index in [-0.39, 0.29) is 35.7 Å². The third-order valence-electron chi connectivity index (χ3n) is 4.20. The number of amides is 1. The number of rotatable bonds is 3. The van der Waals surface area contributed by atoms with Crippen LogP contribution in [0.1, 0.15) is 47.1 Å². The van der Waals surface area contributed by atoms with E-state index >= 15 is 0 Å². The van der Waals surface area contributed by atoms with Crippen molar-refractivity contribution in [2.45, 2.75) is 32.7 Å². The maximum atomic E-state index is 14.6. The summed E-state index contributed by atoms with van der Waals surface area (Å²) in [7, 11) is 1.80. The number of aryl methyl sites for hydroxylation is 1. The normalized spacial score (nSPS) is 13.4. The molecule has 0 fully saturated rings. The van der Waals surface area contributed by atoms with Crippen molar-refractivity contribution in [2.24, 2.45) is 7.05 Å². The number of nitrogens with one attached hydrogen (secondary N) is 2. The Morgan fingerprint density at radius 2 is 2.17 bits per heavy atom. The Hall–Kier alpha value is -1.92. The summed E-state index contributed by atoms with van der Waals surface area (Å²) in [5, 5.41) is 10.1. The molecule has 130 valence electrons. The largest absolute Gasteiger partial charge is 0.318 e. The Balaban J connectivity index is 0.00000208. The molecule has 1 aliphatic rings. The highest BCUT2D eigenvalue weighted by Gasteiger charge is 2.20. The fourth-order valence-electron chi connectivity index (χ4n) is 2.95. The molecule has 1 aliphatic heterocycles. The Bertz CT molecular complexity index is 757. The van der Waals surface area contributed by atoms with Gasteiger partial charge in [0.1, 0.15) is 5.82 Å². The molecule has 2 aromatic rings. The first-order valence-corrected chi connectivity index (χ1v) is 7.83. The molecule has 0 aliphatic carbocycles. The minimum absolute atomic E-state index is 0. The summed E-state index contributed by atoms with van der Waals surface area (Å²) in [6, 6.07) is 5.23. The number of carbonyl (C=O) groups excluding carboxylic acids is 1. The molecule has 7 heteroatoms. The second-order valence-corrected chi connectivity index (χ2v) is 6.18. The van der Waals surface area contributed by atoms with E-state index < -0.39 is 0 Å². The number of fused-ring (bicyclic) bond motifs is 1. The maximum Gasteiger partial charge on any atom is 0.276 e. The first-order valence-electron chi connectivity index (χ1n) is 7.83. The molecule has 2 heterocycles. The lowest BCUT2D eigenvalue weighted by atomic mass is 9.99. The lowest BCUT2D eigenvalue weighted by molar-refractivity contribution is 0.102. The smallest absolute Gasteiger partial charge is 0.276 e. The topological polar surface area (TPSA) is 59.0 Å². The predicted molar refractivity (Wildman–Crippen MR) is 94.3 cm³/mol. The van der Waals surface area contributed by atoms with Crippen molar-refractivity contribution in [2.75, 3.05) is 11.9 Å². The van der Waals surface area contributed by atoms with Crippen LogP contribution in [0.3, 0.4) is 0 Å². The van der Waals surface area contributed by atoms with Crippen LogP contribution in [0.15, 0.2) is 18.2 Å². The van der Waals surface area contributed by atoms with Crippen molar-refractivity contribution in [3.05, 3.63) is 46.5 Å². The van der Waals surface area contributed by atoms with Crippen LogP contribution < -0.4 is 10.6 Å². The zero-order chi connectivity index (χ0) is 16.6. The van der Waals surface area contributed by atoms with Crippen LogP contribution in [0.4, 0.5) is 10.1 Å². The summed E-state index contributed by atoms with van der Waals surface area (Å²) in [5.74, 6) is -0.459. The van der Waals surface area contributed by atoms with E-state index in [9.17, 15) is 9.18 Å². The molecule has 1 aromatic carbocycles. The summed E-state index contributed by atoms with van der Waals surface area (Å²) in [5.41, 5.74) is 3.12. The van der Waals surface area contributed by atoms with Gasteiger partial charge in [0.2, 0.25) is 0 Å². The molecule has 0 spiro atoms. The van der Waals surface area contributed by atoms with Crippen LogP contribution in [0.25, 0.3) is 0 Å². The van der Waals surface area contributed by atoms with Crippen LogP contribution in [0.2, 0.25) is 0 Å². The standard InChI is InChI=1S/C17H21FN4O.ClH/c1-10(2)15-8-14(21-22(15)3)17(23)20-13-5-4-11-9-19-7-6-12(11)16(13)18;/h4-5,8,10,19H,6-7,9H2,1-3H3,(H,20,23);1H. The SMILES string of the molecule is CC(C)c1cc(C(=O)Nc2ccc3c(c2F)CCNC3)nn1C.Cl. The number of halogens is 2. The number of aromatic nitrogens is 2. The first kappa shape index (κ1) is 18.4. The predicted octanol–water partition coefficient (Wildman–Crippen LogP) is 3.00. The van der Waals surface area contributed by atoms with E-state index in [1.165, 1.54) is 0 Å². The number of nitrogens with zero attached hydrogens (tertiary/aromatic N) is 2. The molecule has 1 aromatic heterocycles. The molecule has 0 atom stereocenters. The average molecular weight is 353 g/mol. The van der Waals surface area contributed by atoms with Crippen molar-refractivity contribution >= 4 is 24.0 Å². The number of carbonyl (C=O) groups is 1. The average Bonchev–Trinajstić information content (AvgIpc) is 2.92. The van der Waals surface area contributed by atoms with E-state index in [1.54, 1.807) is 23.9 Å². The Morgan fingerprint density at radius 1 is 1.42 bits per heavy atom. The Labute approximate surface area is 147 Å². The van der Waals surface area contributed by atoms with Crippen LogP contribution in [0, 0.1) is 5.82 Å². The van der Waals surface area contributed by atoms with E-state index in [0.717, 1.165) is 17.8 Å². The quantitative estimate of drug-likeness (QED) is 0.892. The molecule has 5 nitrogen and oxygen atoms in total. The second kappa shape index (κ2) is 7.32. The van der Waals surface area contributed by atoms with E-state index in [2.05, 4.69) is 15.7 Å². The molecule has 0 bridgehead atoms. The number of hydrogen-bond donors (Lipinski definition) is 2. The molecule has 0 unspecified atom stereocenters. The van der Waals surface area contributed by atoms with E-state index in [4.69, 9.17) is 0 Å². The van der Waals surface area contributed by atoms with Gasteiger partial charge in [0.05, 0.1) is 5.69 Å².